The highest BCUT2D eigenvalue weighted by Crippen LogP contribution is 2.29. The third-order valence-electron chi connectivity index (χ3n) is 4.62. The second-order valence-electron chi connectivity index (χ2n) is 7.67. The fourth-order valence-corrected chi connectivity index (χ4v) is 2.67. The van der Waals surface area contributed by atoms with Gasteiger partial charge in [-0.1, -0.05) is 17.3 Å². The Bertz CT molecular complexity index is 998. The maximum atomic E-state index is 12.6. The molecule has 178 valence electrons. The van der Waals surface area contributed by atoms with E-state index in [1.54, 1.807) is 39.8 Å². The maximum absolute atomic E-state index is 12.6. The molecule has 0 unspecified atom stereocenters. The molecule has 0 aliphatic heterocycles. The highest BCUT2D eigenvalue weighted by molar-refractivity contribution is 5.98. The second kappa shape index (κ2) is 10.8. The smallest absolute Gasteiger partial charge is 0.416 e. The number of rotatable bonds is 10. The predicted octanol–water partition coefficient (Wildman–Crippen LogP) is 5.20. The number of aliphatic hydroxyl groups excluding tert-OH is 1. The van der Waals surface area contributed by atoms with E-state index in [4.69, 9.17) is 14.3 Å². The number of aliphatic hydroxyl groups is 1. The molecule has 0 bridgehead atoms. The summed E-state index contributed by atoms with van der Waals surface area (Å²) in [5, 5.41) is 14.2. The van der Waals surface area contributed by atoms with Crippen molar-refractivity contribution in [1.82, 2.24) is 4.98 Å². The fraction of sp³-hybridized carbons (Fsp3) is 0.348. The average Bonchev–Trinajstić information content (AvgIpc) is 2.77. The van der Waals surface area contributed by atoms with Crippen molar-refractivity contribution < 1.29 is 37.4 Å². The fourth-order valence-electron chi connectivity index (χ4n) is 2.67. The number of benzene rings is 1. The van der Waals surface area contributed by atoms with Gasteiger partial charge in [0.1, 0.15) is 19.0 Å². The van der Waals surface area contributed by atoms with Crippen molar-refractivity contribution in [3.8, 4) is 5.88 Å². The zero-order chi connectivity index (χ0) is 24.6. The Morgan fingerprint density at radius 1 is 1.12 bits per heavy atom. The van der Waals surface area contributed by atoms with E-state index in [-0.39, 0.29) is 25.4 Å². The van der Waals surface area contributed by atoms with Crippen LogP contribution in [0.3, 0.4) is 0 Å². The minimum absolute atomic E-state index is 0.0172. The zero-order valence-electron chi connectivity index (χ0n) is 18.6. The van der Waals surface area contributed by atoms with Crippen LogP contribution in [0.5, 0.6) is 5.88 Å². The van der Waals surface area contributed by atoms with Crippen LogP contribution in [0.2, 0.25) is 0 Å². The molecule has 0 saturated heterocycles. The maximum Gasteiger partial charge on any atom is 0.416 e. The van der Waals surface area contributed by atoms with Gasteiger partial charge in [0.05, 0.1) is 11.3 Å². The number of halogens is 3. The summed E-state index contributed by atoms with van der Waals surface area (Å²) in [6.07, 6.45) is -2.86. The van der Waals surface area contributed by atoms with Crippen LogP contribution in [-0.2, 0) is 27.2 Å². The Morgan fingerprint density at radius 3 is 2.33 bits per heavy atom. The number of alkyl halides is 3. The highest BCUT2D eigenvalue weighted by Gasteiger charge is 2.30. The van der Waals surface area contributed by atoms with Gasteiger partial charge in [-0.2, -0.15) is 13.2 Å². The number of ether oxygens (including phenoxy) is 2. The summed E-state index contributed by atoms with van der Waals surface area (Å²) in [6, 6.07) is 7.97. The van der Waals surface area contributed by atoms with Crippen LogP contribution < -0.4 is 4.74 Å². The molecule has 0 radical (unpaired) electrons. The van der Waals surface area contributed by atoms with Crippen LogP contribution in [0.1, 0.15) is 44.4 Å². The van der Waals surface area contributed by atoms with Crippen molar-refractivity contribution in [2.45, 2.75) is 46.1 Å². The van der Waals surface area contributed by atoms with Crippen molar-refractivity contribution in [3.63, 3.8) is 0 Å². The van der Waals surface area contributed by atoms with Gasteiger partial charge < -0.3 is 19.4 Å². The summed E-state index contributed by atoms with van der Waals surface area (Å²) in [4.78, 5) is 19.9. The van der Waals surface area contributed by atoms with E-state index in [0.29, 0.717) is 28.3 Å². The van der Waals surface area contributed by atoms with Crippen molar-refractivity contribution in [2.24, 2.45) is 5.16 Å². The summed E-state index contributed by atoms with van der Waals surface area (Å²) < 4.78 is 48.2. The normalized spacial score (nSPS) is 13.2. The average molecular weight is 466 g/mol. The molecule has 0 aliphatic carbocycles. The molecular weight excluding hydrogens is 441 g/mol. The van der Waals surface area contributed by atoms with Gasteiger partial charge in [0.15, 0.2) is 5.60 Å². The van der Waals surface area contributed by atoms with Crippen LogP contribution in [0.25, 0.3) is 0 Å². The Balaban J connectivity index is 1.92. The quantitative estimate of drug-likeness (QED) is 0.224. The molecule has 2 aromatic rings. The lowest BCUT2D eigenvalue weighted by Gasteiger charge is -2.23. The Labute approximate surface area is 189 Å². The molecule has 7 nitrogen and oxygen atoms in total. The van der Waals surface area contributed by atoms with Crippen LogP contribution in [0.4, 0.5) is 13.2 Å². The first kappa shape index (κ1) is 25.7. The first-order valence-electron chi connectivity index (χ1n) is 9.86. The van der Waals surface area contributed by atoms with Gasteiger partial charge in [-0.25, -0.2) is 4.98 Å². The minimum atomic E-state index is -4.38. The van der Waals surface area contributed by atoms with Gasteiger partial charge in [-0.05, 0) is 51.5 Å². The van der Waals surface area contributed by atoms with Gasteiger partial charge >= 0.3 is 6.18 Å². The molecule has 10 heteroatoms. The van der Waals surface area contributed by atoms with Crippen molar-refractivity contribution in [3.05, 3.63) is 70.6 Å². The number of aromatic nitrogens is 1. The van der Waals surface area contributed by atoms with Crippen LogP contribution in [0, 0.1) is 0 Å². The minimum Gasteiger partial charge on any atom is -0.508 e. The number of carbonyl (C=O) groups is 1. The Kier molecular flexibility index (Phi) is 8.44. The number of carbonyl (C=O) groups excluding carboxylic acids is 1. The molecule has 1 N–H and O–H groups in total. The number of nitrogens with zero attached hydrogens (tertiary/aromatic N) is 2. The number of oxime groups is 1. The molecular formula is C23H25F3N2O5. The number of hydrogen-bond donors (Lipinski definition) is 1. The highest BCUT2D eigenvalue weighted by atomic mass is 19.4. The van der Waals surface area contributed by atoms with Gasteiger partial charge in [0, 0.05) is 23.4 Å². The zero-order valence-corrected chi connectivity index (χ0v) is 18.6. The van der Waals surface area contributed by atoms with E-state index in [2.05, 4.69) is 10.1 Å². The standard InChI is InChI=1S/C23H25F3N2O5/c1-15(21(30)22(3,4)32-14-29)12-31-20-10-7-18(11-27-20)16(2)28-33-13-17-5-8-19(9-6-17)23(24,25)26/h5-11,14,30H,12-13H2,1-4H3/b21-15-,28-16+. The van der Waals surface area contributed by atoms with E-state index in [1.807, 2.05) is 0 Å². The summed E-state index contributed by atoms with van der Waals surface area (Å²) in [5.41, 5.74) is 0.309. The van der Waals surface area contributed by atoms with Crippen molar-refractivity contribution in [2.75, 3.05) is 6.61 Å². The molecule has 0 fully saturated rings. The van der Waals surface area contributed by atoms with E-state index in [9.17, 15) is 23.1 Å². The van der Waals surface area contributed by atoms with Crippen LogP contribution in [-0.4, -0.2) is 34.5 Å². The molecule has 1 aromatic carbocycles. The number of hydrogen-bond acceptors (Lipinski definition) is 7. The molecule has 0 saturated carbocycles. The third-order valence-corrected chi connectivity index (χ3v) is 4.62. The summed E-state index contributed by atoms with van der Waals surface area (Å²) in [7, 11) is 0. The lowest BCUT2D eigenvalue weighted by atomic mass is 10.0. The van der Waals surface area contributed by atoms with Gasteiger partial charge in [0.2, 0.25) is 5.88 Å². The van der Waals surface area contributed by atoms with E-state index in [0.717, 1.165) is 12.1 Å². The van der Waals surface area contributed by atoms with Crippen molar-refractivity contribution >= 4 is 12.2 Å². The Morgan fingerprint density at radius 2 is 1.79 bits per heavy atom. The van der Waals surface area contributed by atoms with Gasteiger partial charge in [-0.15, -0.1) is 0 Å². The van der Waals surface area contributed by atoms with Gasteiger partial charge in [0.25, 0.3) is 6.47 Å². The van der Waals surface area contributed by atoms with E-state index in [1.165, 1.54) is 18.3 Å². The lowest BCUT2D eigenvalue weighted by molar-refractivity contribution is -0.140. The predicted molar refractivity (Wildman–Crippen MR) is 115 cm³/mol. The lowest BCUT2D eigenvalue weighted by Crippen LogP contribution is -2.28. The molecule has 1 aromatic heterocycles. The first-order chi connectivity index (χ1) is 15.4. The largest absolute Gasteiger partial charge is 0.508 e. The second-order valence-corrected chi connectivity index (χ2v) is 7.67. The van der Waals surface area contributed by atoms with Gasteiger partial charge in [-0.3, -0.25) is 4.79 Å². The Hall–Kier alpha value is -3.56. The summed E-state index contributed by atoms with van der Waals surface area (Å²) in [6.45, 7) is 6.76. The summed E-state index contributed by atoms with van der Waals surface area (Å²) >= 11 is 0. The molecule has 33 heavy (non-hydrogen) atoms. The SMILES string of the molecule is C/C(COc1ccc(/C(C)=N/OCc2ccc(C(F)(F)F)cc2)cn1)=C(/O)C(C)(C)OC=O. The van der Waals surface area contributed by atoms with Crippen molar-refractivity contribution in [1.29, 1.82) is 0 Å². The van der Waals surface area contributed by atoms with E-state index < -0.39 is 17.3 Å². The molecule has 2 rings (SSSR count). The molecule has 0 spiro atoms. The molecule has 1 heterocycles. The van der Waals surface area contributed by atoms with E-state index >= 15 is 0 Å². The summed E-state index contributed by atoms with van der Waals surface area (Å²) in [5.74, 6) is 0.192. The third kappa shape index (κ3) is 7.51. The first-order valence-corrected chi connectivity index (χ1v) is 9.86. The monoisotopic (exact) mass is 466 g/mol. The molecule has 0 aliphatic rings. The topological polar surface area (TPSA) is 90.2 Å². The van der Waals surface area contributed by atoms with Crippen LogP contribution in [0.15, 0.2) is 59.1 Å². The molecule has 0 amide bonds. The molecule has 0 atom stereocenters. The van der Waals surface area contributed by atoms with Crippen LogP contribution >= 0.6 is 0 Å². The number of pyridine rings is 1.